The predicted octanol–water partition coefficient (Wildman–Crippen LogP) is 6.81. The van der Waals surface area contributed by atoms with Crippen molar-refractivity contribution < 1.29 is 18.0 Å². The lowest BCUT2D eigenvalue weighted by molar-refractivity contribution is -0.140. The third kappa shape index (κ3) is 7.07. The van der Waals surface area contributed by atoms with E-state index in [1.54, 1.807) is 18.2 Å². The molecule has 1 atom stereocenters. The summed E-state index contributed by atoms with van der Waals surface area (Å²) in [5, 5.41) is 3.67. The van der Waals surface area contributed by atoms with Crippen LogP contribution in [0.25, 0.3) is 0 Å². The van der Waals surface area contributed by atoms with E-state index in [1.165, 1.54) is 49.0 Å². The molecule has 0 aliphatic heterocycles. The van der Waals surface area contributed by atoms with Crippen LogP contribution in [0.15, 0.2) is 42.5 Å². The predicted molar refractivity (Wildman–Crippen MR) is 177 cm³/mol. The van der Waals surface area contributed by atoms with Gasteiger partial charge in [0.15, 0.2) is 0 Å². The number of carbonyl (C=O) groups is 2. The molecule has 7 nitrogen and oxygen atoms in total. The summed E-state index contributed by atoms with van der Waals surface area (Å²) in [4.78, 5) is 28.8. The molecule has 240 valence electrons. The molecule has 44 heavy (non-hydrogen) atoms. The molecule has 2 aromatic carbocycles. The minimum Gasteiger partial charge on any atom is -0.354 e. The van der Waals surface area contributed by atoms with Gasteiger partial charge in [0, 0.05) is 28.7 Å². The Kier molecular flexibility index (Phi) is 9.93. The third-order valence-corrected chi connectivity index (χ3v) is 11.8. The zero-order valence-electron chi connectivity index (χ0n) is 26.2. The smallest absolute Gasteiger partial charge is 0.244 e. The zero-order valence-corrected chi connectivity index (χ0v) is 28.5. The molecule has 2 amide bonds. The van der Waals surface area contributed by atoms with E-state index in [2.05, 4.69) is 17.4 Å². The average molecular weight is 663 g/mol. The van der Waals surface area contributed by atoms with Crippen LogP contribution in [0.5, 0.6) is 0 Å². The van der Waals surface area contributed by atoms with Gasteiger partial charge in [-0.15, -0.1) is 0 Å². The first-order chi connectivity index (χ1) is 20.8. The van der Waals surface area contributed by atoms with Gasteiger partial charge in [-0.2, -0.15) is 0 Å². The number of nitrogens with zero attached hydrogens (tertiary/aromatic N) is 2. The lowest BCUT2D eigenvalue weighted by Crippen LogP contribution is -2.52. The first kappa shape index (κ1) is 33.1. The fourth-order valence-electron chi connectivity index (χ4n) is 8.25. The van der Waals surface area contributed by atoms with E-state index in [1.807, 2.05) is 32.9 Å². The van der Waals surface area contributed by atoms with Crippen molar-refractivity contribution in [2.45, 2.75) is 83.7 Å². The van der Waals surface area contributed by atoms with Crippen LogP contribution in [-0.4, -0.2) is 50.5 Å². The topological polar surface area (TPSA) is 86.8 Å². The maximum absolute atomic E-state index is 14.1. The maximum atomic E-state index is 14.1. The number of benzene rings is 2. The van der Waals surface area contributed by atoms with Crippen LogP contribution in [0, 0.1) is 23.7 Å². The molecule has 0 spiro atoms. The Morgan fingerprint density at radius 1 is 0.955 bits per heavy atom. The van der Waals surface area contributed by atoms with Crippen LogP contribution in [0.4, 0.5) is 5.69 Å². The summed E-state index contributed by atoms with van der Waals surface area (Å²) < 4.78 is 27.4. The molecule has 1 N–H and O–H groups in total. The number of hydrogen-bond acceptors (Lipinski definition) is 4. The summed E-state index contributed by atoms with van der Waals surface area (Å²) in [5.41, 5.74) is 2.40. The van der Waals surface area contributed by atoms with E-state index in [4.69, 9.17) is 23.2 Å². The van der Waals surface area contributed by atoms with Gasteiger partial charge < -0.3 is 10.2 Å². The monoisotopic (exact) mass is 661 g/mol. The maximum Gasteiger partial charge on any atom is 0.244 e. The van der Waals surface area contributed by atoms with E-state index in [-0.39, 0.29) is 23.8 Å². The van der Waals surface area contributed by atoms with Crippen LogP contribution >= 0.6 is 23.2 Å². The molecule has 4 aliphatic carbocycles. The van der Waals surface area contributed by atoms with Crippen molar-refractivity contribution in [1.29, 1.82) is 0 Å². The molecule has 0 aromatic heterocycles. The second kappa shape index (κ2) is 13.2. The number of anilines is 1. The minimum atomic E-state index is -3.83. The third-order valence-electron chi connectivity index (χ3n) is 9.95. The summed E-state index contributed by atoms with van der Waals surface area (Å²) >= 11 is 13.0. The second-order valence-corrected chi connectivity index (χ2v) is 16.5. The van der Waals surface area contributed by atoms with E-state index >= 15 is 0 Å². The summed E-state index contributed by atoms with van der Waals surface area (Å²) in [6.07, 6.45) is 9.13. The molecule has 0 unspecified atom stereocenters. The van der Waals surface area contributed by atoms with Crippen molar-refractivity contribution in [3.05, 3.63) is 63.6 Å². The molecule has 10 heteroatoms. The van der Waals surface area contributed by atoms with Crippen LogP contribution < -0.4 is 9.62 Å². The van der Waals surface area contributed by atoms with Crippen molar-refractivity contribution in [3.8, 4) is 0 Å². The summed E-state index contributed by atoms with van der Waals surface area (Å²) in [7, 11) is -3.83. The van der Waals surface area contributed by atoms with Gasteiger partial charge in [0.1, 0.15) is 12.6 Å². The van der Waals surface area contributed by atoms with Gasteiger partial charge in [-0.25, -0.2) is 8.42 Å². The van der Waals surface area contributed by atoms with Crippen molar-refractivity contribution in [2.75, 3.05) is 23.7 Å². The molecule has 0 heterocycles. The Morgan fingerprint density at radius 2 is 1.50 bits per heavy atom. The van der Waals surface area contributed by atoms with Gasteiger partial charge in [0.2, 0.25) is 21.8 Å². The first-order valence-corrected chi connectivity index (χ1v) is 18.5. The van der Waals surface area contributed by atoms with Crippen molar-refractivity contribution >= 4 is 50.7 Å². The number of rotatable bonds is 12. The summed E-state index contributed by atoms with van der Waals surface area (Å²) in [5.74, 6) is 1.81. The number of carbonyl (C=O) groups excluding carboxylic acids is 2. The normalized spacial score (nSPS) is 24.8. The van der Waals surface area contributed by atoms with Crippen LogP contribution in [0.3, 0.4) is 0 Å². The Labute approximate surface area is 272 Å². The van der Waals surface area contributed by atoms with Crippen LogP contribution in [0.2, 0.25) is 10.0 Å². The highest BCUT2D eigenvalue weighted by atomic mass is 35.5. The number of nitrogens with one attached hydrogen (secondary N) is 1. The second-order valence-electron chi connectivity index (χ2n) is 13.8. The van der Waals surface area contributed by atoms with Crippen molar-refractivity contribution in [2.24, 2.45) is 23.7 Å². The Bertz CT molecular complexity index is 1420. The standard InChI is InChI=1S/C34H45Cl2N3O4S/c1-5-31(33(41)37-19-22(2)3)38(20-28-29(35)7-6-8-30(28)36)32(40)21-39(44(4,42)43)27-11-9-26(10-12-27)34-16-23-13-24(17-34)15-25(14-23)18-34/h6-12,22-25,31H,5,13-21H2,1-4H3,(H,37,41)/t23?,24?,25?,31-,34?/m1/s1. The SMILES string of the molecule is CC[C@H](C(=O)NCC(C)C)N(Cc1c(Cl)cccc1Cl)C(=O)CN(c1ccc(C23CC4CC(CC(C4)C2)C3)cc1)S(C)(=O)=O. The molecular weight excluding hydrogens is 617 g/mol. The highest BCUT2D eigenvalue weighted by Crippen LogP contribution is 2.60. The van der Waals surface area contributed by atoms with Gasteiger partial charge >= 0.3 is 0 Å². The van der Waals surface area contributed by atoms with Gasteiger partial charge in [-0.05, 0) is 104 Å². The fraction of sp³-hybridized carbons (Fsp3) is 0.588. The lowest BCUT2D eigenvalue weighted by atomic mass is 9.48. The van der Waals surface area contributed by atoms with Crippen LogP contribution in [-0.2, 0) is 31.6 Å². The zero-order chi connectivity index (χ0) is 31.8. The van der Waals surface area contributed by atoms with Crippen LogP contribution in [0.1, 0.15) is 76.8 Å². The highest BCUT2D eigenvalue weighted by molar-refractivity contribution is 7.92. The molecule has 4 fully saturated rings. The Hall–Kier alpha value is -2.29. The van der Waals surface area contributed by atoms with E-state index in [0.29, 0.717) is 34.3 Å². The molecule has 0 radical (unpaired) electrons. The average Bonchev–Trinajstić information content (AvgIpc) is 2.95. The van der Waals surface area contributed by atoms with Gasteiger partial charge in [0.25, 0.3) is 0 Å². The van der Waals surface area contributed by atoms with E-state index in [0.717, 1.165) is 28.3 Å². The fourth-order valence-corrected chi connectivity index (χ4v) is 9.62. The number of amides is 2. The molecule has 4 saturated carbocycles. The van der Waals surface area contributed by atoms with Crippen molar-refractivity contribution in [3.63, 3.8) is 0 Å². The molecule has 4 aliphatic rings. The molecule has 2 aromatic rings. The quantitative estimate of drug-likeness (QED) is 0.271. The molecule has 4 bridgehead atoms. The van der Waals surface area contributed by atoms with E-state index in [9.17, 15) is 18.0 Å². The largest absolute Gasteiger partial charge is 0.354 e. The number of halogens is 2. The summed E-state index contributed by atoms with van der Waals surface area (Å²) in [6.45, 7) is 5.78. The number of hydrogen-bond donors (Lipinski definition) is 1. The Balaban J connectivity index is 1.42. The molecule has 0 saturated heterocycles. The number of sulfonamides is 1. The van der Waals surface area contributed by atoms with Crippen molar-refractivity contribution in [1.82, 2.24) is 10.2 Å². The van der Waals surface area contributed by atoms with Gasteiger partial charge in [-0.3, -0.25) is 13.9 Å². The molecule has 6 rings (SSSR count). The first-order valence-electron chi connectivity index (χ1n) is 15.9. The Morgan fingerprint density at radius 3 is 1.98 bits per heavy atom. The highest BCUT2D eigenvalue weighted by Gasteiger charge is 2.51. The van der Waals surface area contributed by atoms with Gasteiger partial charge in [0.05, 0.1) is 11.9 Å². The van der Waals surface area contributed by atoms with E-state index < -0.39 is 28.5 Å². The van der Waals surface area contributed by atoms with Gasteiger partial charge in [-0.1, -0.05) is 62.2 Å². The lowest BCUT2D eigenvalue weighted by Gasteiger charge is -2.57. The summed E-state index contributed by atoms with van der Waals surface area (Å²) in [6, 6.07) is 12.0. The minimum absolute atomic E-state index is 0.0342. The molecular formula is C34H45Cl2N3O4S.